The molecule has 0 fully saturated rings. The lowest BCUT2D eigenvalue weighted by Crippen LogP contribution is -2.17. The van der Waals surface area contributed by atoms with E-state index in [4.69, 9.17) is 0 Å². The largest absolute Gasteiger partial charge is 0.573 e. The predicted molar refractivity (Wildman–Crippen MR) is 63.3 cm³/mol. The first kappa shape index (κ1) is 11.5. The zero-order valence-corrected chi connectivity index (χ0v) is 10.0. The summed E-state index contributed by atoms with van der Waals surface area (Å²) in [4.78, 5) is 0. The maximum atomic E-state index is 12.0. The first-order chi connectivity index (χ1) is 7.46. The molecule has 1 nitrogen and oxygen atoms in total. The number of hydrogen-bond acceptors (Lipinski definition) is 1. The first-order valence-corrected chi connectivity index (χ1v) is 5.47. The van der Waals surface area contributed by atoms with Gasteiger partial charge in [0.15, 0.2) is 0 Å². The Kier molecular flexibility index (Phi) is 2.96. The molecule has 0 unspecified atom stereocenters. The van der Waals surface area contributed by atoms with Crippen LogP contribution in [0.4, 0.5) is 13.2 Å². The zero-order valence-electron chi connectivity index (χ0n) is 7.88. The second-order valence-electron chi connectivity index (χ2n) is 3.17. The summed E-state index contributed by atoms with van der Waals surface area (Å²) in [6.07, 6.45) is -4.64. The Morgan fingerprint density at radius 1 is 1.06 bits per heavy atom. The highest BCUT2D eigenvalue weighted by Crippen LogP contribution is 2.28. The minimum Gasteiger partial charge on any atom is -0.406 e. The predicted octanol–water partition coefficient (Wildman–Crippen LogP) is 4.34. The molecule has 0 atom stereocenters. The van der Waals surface area contributed by atoms with Crippen LogP contribution in [0.2, 0.25) is 0 Å². The van der Waals surface area contributed by atoms with Crippen LogP contribution < -0.4 is 4.74 Å². The molecule has 0 bridgehead atoms. The van der Waals surface area contributed by atoms with Gasteiger partial charge in [0.05, 0.1) is 0 Å². The van der Waals surface area contributed by atoms with Crippen molar-refractivity contribution in [1.82, 2.24) is 0 Å². The van der Waals surface area contributed by atoms with E-state index in [1.54, 1.807) is 6.07 Å². The van der Waals surface area contributed by atoms with E-state index in [-0.39, 0.29) is 5.75 Å². The van der Waals surface area contributed by atoms with Crippen LogP contribution in [0.5, 0.6) is 5.75 Å². The van der Waals surface area contributed by atoms with Crippen LogP contribution in [0.1, 0.15) is 0 Å². The summed E-state index contributed by atoms with van der Waals surface area (Å²) in [6, 6.07) is 9.85. The normalized spacial score (nSPS) is 11.8. The average Bonchev–Trinajstić information content (AvgIpc) is 2.17. The molecule has 0 aliphatic rings. The van der Waals surface area contributed by atoms with E-state index in [2.05, 4.69) is 27.3 Å². The molecule has 0 N–H and O–H groups in total. The van der Waals surface area contributed by atoms with Crippen molar-refractivity contribution >= 4 is 33.4 Å². The standard InChI is InChI=1S/C11H6F3IO/c12-11(13,14)16-8-5-4-7-2-1-3-10(15)9(7)6-8/h1-6H. The fraction of sp³-hybridized carbons (Fsp3) is 0.0909. The lowest BCUT2D eigenvalue weighted by molar-refractivity contribution is -0.274. The lowest BCUT2D eigenvalue weighted by Gasteiger charge is -2.09. The van der Waals surface area contributed by atoms with Crippen LogP contribution >= 0.6 is 22.6 Å². The van der Waals surface area contributed by atoms with Crippen molar-refractivity contribution in [2.24, 2.45) is 0 Å². The van der Waals surface area contributed by atoms with Crippen molar-refractivity contribution in [3.63, 3.8) is 0 Å². The van der Waals surface area contributed by atoms with E-state index in [1.807, 2.05) is 18.2 Å². The summed E-state index contributed by atoms with van der Waals surface area (Å²) < 4.78 is 40.8. The molecule has 2 aromatic rings. The lowest BCUT2D eigenvalue weighted by atomic mass is 10.1. The Labute approximate surface area is 103 Å². The summed E-state index contributed by atoms with van der Waals surface area (Å²) in [6.45, 7) is 0. The van der Waals surface area contributed by atoms with Crippen LogP contribution in [-0.4, -0.2) is 6.36 Å². The van der Waals surface area contributed by atoms with Crippen LogP contribution in [-0.2, 0) is 0 Å². The van der Waals surface area contributed by atoms with Gasteiger partial charge in [-0.1, -0.05) is 18.2 Å². The monoisotopic (exact) mass is 338 g/mol. The Bertz CT molecular complexity index is 522. The number of ether oxygens (including phenoxy) is 1. The molecule has 0 spiro atoms. The average molecular weight is 338 g/mol. The molecule has 0 aromatic heterocycles. The van der Waals surface area contributed by atoms with Crippen LogP contribution in [0.3, 0.4) is 0 Å². The fourth-order valence-electron chi connectivity index (χ4n) is 1.41. The smallest absolute Gasteiger partial charge is 0.406 e. The van der Waals surface area contributed by atoms with Gasteiger partial charge < -0.3 is 4.74 Å². The van der Waals surface area contributed by atoms with Gasteiger partial charge in [-0.3, -0.25) is 0 Å². The Morgan fingerprint density at radius 2 is 1.81 bits per heavy atom. The van der Waals surface area contributed by atoms with Gasteiger partial charge in [0.25, 0.3) is 0 Å². The highest BCUT2D eigenvalue weighted by Gasteiger charge is 2.31. The Hall–Kier alpha value is -0.980. The topological polar surface area (TPSA) is 9.23 Å². The molecule has 0 radical (unpaired) electrons. The fourth-order valence-corrected chi connectivity index (χ4v) is 2.09. The van der Waals surface area contributed by atoms with Crippen LogP contribution in [0.25, 0.3) is 10.8 Å². The SMILES string of the molecule is FC(F)(F)Oc1ccc2cccc(I)c2c1. The maximum Gasteiger partial charge on any atom is 0.573 e. The van der Waals surface area contributed by atoms with E-state index in [9.17, 15) is 13.2 Å². The molecule has 0 heterocycles. The number of fused-ring (bicyclic) bond motifs is 1. The van der Waals surface area contributed by atoms with Crippen molar-refractivity contribution in [2.45, 2.75) is 6.36 Å². The maximum absolute atomic E-state index is 12.0. The molecule has 84 valence electrons. The second-order valence-corrected chi connectivity index (χ2v) is 4.33. The van der Waals surface area contributed by atoms with Crippen molar-refractivity contribution in [1.29, 1.82) is 0 Å². The van der Waals surface area contributed by atoms with E-state index in [1.165, 1.54) is 12.1 Å². The van der Waals surface area contributed by atoms with Crippen molar-refractivity contribution in [3.05, 3.63) is 40.0 Å². The van der Waals surface area contributed by atoms with E-state index in [0.29, 0.717) is 0 Å². The van der Waals surface area contributed by atoms with Crippen LogP contribution in [0, 0.1) is 3.57 Å². The number of rotatable bonds is 1. The van der Waals surface area contributed by atoms with Gasteiger partial charge in [0, 0.05) is 3.57 Å². The molecule has 5 heteroatoms. The third-order valence-corrected chi connectivity index (χ3v) is 2.97. The molecule has 2 rings (SSSR count). The van der Waals surface area contributed by atoms with Gasteiger partial charge in [-0.15, -0.1) is 13.2 Å². The minimum absolute atomic E-state index is 0.191. The summed E-state index contributed by atoms with van der Waals surface area (Å²) in [7, 11) is 0. The molecule has 0 saturated heterocycles. The van der Waals surface area contributed by atoms with Crippen molar-refractivity contribution < 1.29 is 17.9 Å². The second kappa shape index (κ2) is 4.12. The van der Waals surface area contributed by atoms with Crippen molar-refractivity contribution in [3.8, 4) is 5.75 Å². The molecule has 0 aliphatic heterocycles. The number of hydrogen-bond donors (Lipinski definition) is 0. The molecule has 2 aromatic carbocycles. The van der Waals surface area contributed by atoms with E-state index < -0.39 is 6.36 Å². The van der Waals surface area contributed by atoms with Gasteiger partial charge >= 0.3 is 6.36 Å². The number of benzene rings is 2. The summed E-state index contributed by atoms with van der Waals surface area (Å²) in [5.74, 6) is -0.191. The van der Waals surface area contributed by atoms with Gasteiger partial charge in [-0.2, -0.15) is 0 Å². The van der Waals surface area contributed by atoms with E-state index >= 15 is 0 Å². The quantitative estimate of drug-likeness (QED) is 0.703. The molecular formula is C11H6F3IO. The van der Waals surface area contributed by atoms with E-state index in [0.717, 1.165) is 14.3 Å². The highest BCUT2D eigenvalue weighted by molar-refractivity contribution is 14.1. The van der Waals surface area contributed by atoms with Gasteiger partial charge in [0.1, 0.15) is 5.75 Å². The van der Waals surface area contributed by atoms with Gasteiger partial charge in [0.2, 0.25) is 0 Å². The third-order valence-electron chi connectivity index (χ3n) is 2.03. The van der Waals surface area contributed by atoms with Crippen LogP contribution in [0.15, 0.2) is 36.4 Å². The Balaban J connectivity index is 2.47. The third kappa shape index (κ3) is 2.58. The number of halogens is 4. The first-order valence-electron chi connectivity index (χ1n) is 4.40. The minimum atomic E-state index is -4.64. The highest BCUT2D eigenvalue weighted by atomic mass is 127. The summed E-state index contributed by atoms with van der Waals surface area (Å²) in [5, 5.41) is 1.64. The zero-order chi connectivity index (χ0) is 11.8. The molecule has 16 heavy (non-hydrogen) atoms. The molecule has 0 saturated carbocycles. The van der Waals surface area contributed by atoms with Crippen molar-refractivity contribution in [2.75, 3.05) is 0 Å². The molecule has 0 aliphatic carbocycles. The molecular weight excluding hydrogens is 332 g/mol. The van der Waals surface area contributed by atoms with Gasteiger partial charge in [-0.25, -0.2) is 0 Å². The summed E-state index contributed by atoms with van der Waals surface area (Å²) >= 11 is 2.08. The van der Waals surface area contributed by atoms with Gasteiger partial charge in [-0.05, 0) is 51.6 Å². The molecule has 0 amide bonds. The summed E-state index contributed by atoms with van der Waals surface area (Å²) in [5.41, 5.74) is 0. The number of alkyl halides is 3. The Morgan fingerprint density at radius 3 is 2.50 bits per heavy atom.